The van der Waals surface area contributed by atoms with E-state index >= 15 is 0 Å². The van der Waals surface area contributed by atoms with Crippen molar-refractivity contribution in [3.05, 3.63) is 53.1 Å². The Bertz CT molecular complexity index is 1490. The summed E-state index contributed by atoms with van der Waals surface area (Å²) in [5, 5.41) is 6.62. The maximum Gasteiger partial charge on any atom is 0.234 e. The fourth-order valence-corrected chi connectivity index (χ4v) is 7.43. The van der Waals surface area contributed by atoms with Gasteiger partial charge in [-0.05, 0) is 43.2 Å². The Hall–Kier alpha value is -3.32. The van der Waals surface area contributed by atoms with E-state index in [9.17, 15) is 14.4 Å². The van der Waals surface area contributed by atoms with Gasteiger partial charge in [-0.25, -0.2) is 4.99 Å². The molecule has 3 heterocycles. The molecule has 4 aliphatic rings. The van der Waals surface area contributed by atoms with Crippen LogP contribution in [0.3, 0.4) is 0 Å². The van der Waals surface area contributed by atoms with Crippen LogP contribution in [0, 0.1) is 11.8 Å². The van der Waals surface area contributed by atoms with Gasteiger partial charge in [0.25, 0.3) is 0 Å². The molecule has 2 aromatic carbocycles. The van der Waals surface area contributed by atoms with Crippen LogP contribution in [0.4, 0.5) is 5.69 Å². The molecule has 0 spiro atoms. The van der Waals surface area contributed by atoms with Crippen molar-refractivity contribution in [3.8, 4) is 11.5 Å². The summed E-state index contributed by atoms with van der Waals surface area (Å²) in [6, 6.07) is 13.3. The minimum Gasteiger partial charge on any atom is -0.454 e. The zero-order valence-electron chi connectivity index (χ0n) is 27.4. The first kappa shape index (κ1) is 34.5. The quantitative estimate of drug-likeness (QED) is 0.346. The summed E-state index contributed by atoms with van der Waals surface area (Å²) >= 11 is 10.5. The SMILES string of the molecule is O=C(CN1CCN(CCNC(=O)C2CCCCC2C(=O)N2CCN(C3=Nc4ccccc4Oc4ccc(Cl)cc43)CC2)CC1)NCCS. The minimum absolute atomic E-state index is 0.00820. The highest BCUT2D eigenvalue weighted by molar-refractivity contribution is 7.80. The number of para-hydroxylation sites is 2. The van der Waals surface area contributed by atoms with Gasteiger partial charge in [0.15, 0.2) is 5.75 Å². The molecule has 13 heteroatoms. The second kappa shape index (κ2) is 16.4. The molecular formula is C35H46ClN7O4S. The molecule has 0 aromatic heterocycles. The minimum atomic E-state index is -0.300. The van der Waals surface area contributed by atoms with Crippen molar-refractivity contribution in [2.75, 3.05) is 84.3 Å². The molecule has 2 saturated heterocycles. The van der Waals surface area contributed by atoms with E-state index in [-0.39, 0.29) is 29.6 Å². The number of halogens is 1. The monoisotopic (exact) mass is 695 g/mol. The van der Waals surface area contributed by atoms with Crippen LogP contribution in [-0.4, -0.2) is 127 Å². The van der Waals surface area contributed by atoms with Crippen LogP contribution >= 0.6 is 24.2 Å². The van der Waals surface area contributed by atoms with E-state index in [4.69, 9.17) is 21.3 Å². The lowest BCUT2D eigenvalue weighted by atomic mass is 9.77. The van der Waals surface area contributed by atoms with Crippen LogP contribution in [0.1, 0.15) is 31.2 Å². The number of rotatable bonds is 9. The molecule has 258 valence electrons. The van der Waals surface area contributed by atoms with E-state index in [1.54, 1.807) is 0 Å². The van der Waals surface area contributed by atoms with Crippen molar-refractivity contribution in [2.24, 2.45) is 16.8 Å². The normalized spacial score (nSPS) is 21.7. The van der Waals surface area contributed by atoms with Gasteiger partial charge < -0.3 is 25.2 Å². The third kappa shape index (κ3) is 8.45. The fourth-order valence-electron chi connectivity index (χ4n) is 7.14. The number of carbonyl (C=O) groups excluding carboxylic acids is 3. The fraction of sp³-hybridized carbons (Fsp3) is 0.543. The van der Waals surface area contributed by atoms with Crippen molar-refractivity contribution in [2.45, 2.75) is 25.7 Å². The molecule has 2 N–H and O–H groups in total. The number of amidine groups is 1. The van der Waals surface area contributed by atoms with Crippen molar-refractivity contribution in [3.63, 3.8) is 0 Å². The number of nitrogens with zero attached hydrogens (tertiary/aromatic N) is 5. The molecule has 48 heavy (non-hydrogen) atoms. The summed E-state index contributed by atoms with van der Waals surface area (Å²) in [7, 11) is 0. The largest absolute Gasteiger partial charge is 0.454 e. The van der Waals surface area contributed by atoms with Gasteiger partial charge in [0, 0.05) is 94.6 Å². The van der Waals surface area contributed by atoms with Crippen LogP contribution in [0.15, 0.2) is 47.5 Å². The molecule has 2 atom stereocenters. The predicted molar refractivity (Wildman–Crippen MR) is 191 cm³/mol. The molecule has 3 fully saturated rings. The van der Waals surface area contributed by atoms with Gasteiger partial charge in [-0.3, -0.25) is 24.2 Å². The summed E-state index contributed by atoms with van der Waals surface area (Å²) in [5.41, 5.74) is 1.58. The number of carbonyl (C=O) groups is 3. The number of thiol groups is 1. The average molecular weight is 696 g/mol. The maximum atomic E-state index is 13.9. The number of aliphatic imine (C=N–C) groups is 1. The zero-order chi connectivity index (χ0) is 33.5. The number of fused-ring (bicyclic) bond motifs is 2. The highest BCUT2D eigenvalue weighted by Gasteiger charge is 2.39. The molecule has 1 saturated carbocycles. The van der Waals surface area contributed by atoms with E-state index in [1.165, 1.54) is 0 Å². The molecule has 3 aliphatic heterocycles. The Morgan fingerprint density at radius 3 is 2.35 bits per heavy atom. The van der Waals surface area contributed by atoms with Gasteiger partial charge in [0.1, 0.15) is 17.3 Å². The Balaban J connectivity index is 1.00. The lowest BCUT2D eigenvalue weighted by Crippen LogP contribution is -2.54. The average Bonchev–Trinajstić information content (AvgIpc) is 3.28. The topological polar surface area (TPSA) is 110 Å². The first-order valence-electron chi connectivity index (χ1n) is 17.2. The summed E-state index contributed by atoms with van der Waals surface area (Å²) in [5.74, 6) is 2.33. The van der Waals surface area contributed by atoms with Gasteiger partial charge in [0.05, 0.1) is 12.1 Å². The van der Waals surface area contributed by atoms with Crippen molar-refractivity contribution < 1.29 is 19.1 Å². The van der Waals surface area contributed by atoms with E-state index in [0.717, 1.165) is 75.5 Å². The Morgan fingerprint density at radius 1 is 0.854 bits per heavy atom. The van der Waals surface area contributed by atoms with E-state index < -0.39 is 0 Å². The number of hydrogen-bond donors (Lipinski definition) is 3. The molecule has 2 aromatic rings. The third-order valence-corrected chi connectivity index (χ3v) is 10.3. The molecule has 2 unspecified atom stereocenters. The number of ether oxygens (including phenoxy) is 1. The van der Waals surface area contributed by atoms with Crippen LogP contribution in [-0.2, 0) is 14.4 Å². The molecule has 11 nitrogen and oxygen atoms in total. The van der Waals surface area contributed by atoms with Crippen LogP contribution < -0.4 is 15.4 Å². The van der Waals surface area contributed by atoms with E-state index in [2.05, 4.69) is 38.0 Å². The van der Waals surface area contributed by atoms with Crippen molar-refractivity contribution >= 4 is 53.5 Å². The first-order chi connectivity index (χ1) is 23.4. The summed E-state index contributed by atoms with van der Waals surface area (Å²) in [6.07, 6.45) is 3.41. The lowest BCUT2D eigenvalue weighted by molar-refractivity contribution is -0.144. The number of amides is 3. The molecular weight excluding hydrogens is 650 g/mol. The molecule has 0 bridgehead atoms. The summed E-state index contributed by atoms with van der Waals surface area (Å²) in [6.45, 7) is 8.02. The molecule has 3 amide bonds. The first-order valence-corrected chi connectivity index (χ1v) is 18.2. The smallest absolute Gasteiger partial charge is 0.234 e. The lowest BCUT2D eigenvalue weighted by Gasteiger charge is -2.40. The molecule has 1 aliphatic carbocycles. The third-order valence-electron chi connectivity index (χ3n) is 9.80. The van der Waals surface area contributed by atoms with E-state index in [1.807, 2.05) is 47.4 Å². The summed E-state index contributed by atoms with van der Waals surface area (Å²) in [4.78, 5) is 53.0. The van der Waals surface area contributed by atoms with E-state index in [0.29, 0.717) is 68.1 Å². The Labute approximate surface area is 293 Å². The highest BCUT2D eigenvalue weighted by Crippen LogP contribution is 2.39. The van der Waals surface area contributed by atoms with Gasteiger partial charge in [-0.2, -0.15) is 12.6 Å². The van der Waals surface area contributed by atoms with Crippen molar-refractivity contribution in [1.29, 1.82) is 0 Å². The Morgan fingerprint density at radius 2 is 1.58 bits per heavy atom. The van der Waals surface area contributed by atoms with Gasteiger partial charge in [-0.1, -0.05) is 36.6 Å². The van der Waals surface area contributed by atoms with Gasteiger partial charge >= 0.3 is 0 Å². The number of hydrogen-bond acceptors (Lipinski definition) is 9. The second-order valence-corrected chi connectivity index (χ2v) is 13.8. The Kier molecular flexibility index (Phi) is 11.8. The maximum absolute atomic E-state index is 13.9. The van der Waals surface area contributed by atoms with Crippen molar-refractivity contribution in [1.82, 2.24) is 30.2 Å². The van der Waals surface area contributed by atoms with Crippen LogP contribution in [0.25, 0.3) is 0 Å². The predicted octanol–water partition coefficient (Wildman–Crippen LogP) is 3.25. The van der Waals surface area contributed by atoms with Gasteiger partial charge in [-0.15, -0.1) is 0 Å². The molecule has 6 rings (SSSR count). The number of benzene rings is 2. The number of nitrogens with one attached hydrogen (secondary N) is 2. The molecule has 0 radical (unpaired) electrons. The standard InChI is InChI=1S/C35H46ClN7O4S/c36-25-9-10-30-28(23-25)33(39-29-7-3-4-8-31(29)47-30)42-18-20-43(21-19-42)35(46)27-6-2-1-5-26(27)34(45)38-11-13-40-14-16-41(17-15-40)24-32(44)37-12-22-48/h3-4,7-10,23,26-27,48H,1-2,5-6,11-22,24H2,(H,37,44)(H,38,45). The summed E-state index contributed by atoms with van der Waals surface area (Å²) < 4.78 is 6.22. The number of piperazine rings is 2. The zero-order valence-corrected chi connectivity index (χ0v) is 29.1. The second-order valence-electron chi connectivity index (χ2n) is 12.9. The van der Waals surface area contributed by atoms with Gasteiger partial charge in [0.2, 0.25) is 17.7 Å². The van der Waals surface area contributed by atoms with Crippen LogP contribution in [0.5, 0.6) is 11.5 Å². The van der Waals surface area contributed by atoms with Crippen LogP contribution in [0.2, 0.25) is 5.02 Å². The highest BCUT2D eigenvalue weighted by atomic mass is 35.5.